The molecule has 2 aromatic heterocycles. The lowest BCUT2D eigenvalue weighted by Crippen LogP contribution is -2.21. The topological polar surface area (TPSA) is 75.9 Å². The molecule has 0 bridgehead atoms. The molecule has 28 heavy (non-hydrogen) atoms. The van der Waals surface area contributed by atoms with E-state index in [1.54, 1.807) is 0 Å². The summed E-state index contributed by atoms with van der Waals surface area (Å²) in [5.41, 5.74) is 1.79. The molecule has 0 aliphatic heterocycles. The van der Waals surface area contributed by atoms with E-state index in [2.05, 4.69) is 32.3 Å². The summed E-state index contributed by atoms with van der Waals surface area (Å²) in [5.74, 6) is 0.874. The summed E-state index contributed by atoms with van der Waals surface area (Å²) in [6, 6.07) is 7.53. The fraction of sp³-hybridized carbons (Fsp3) is 0.333. The average molecular weight is 437 g/mol. The summed E-state index contributed by atoms with van der Waals surface area (Å²) in [6.45, 7) is 3.95. The Morgan fingerprint density at radius 2 is 2.04 bits per heavy atom. The van der Waals surface area contributed by atoms with Crippen molar-refractivity contribution >= 4 is 45.7 Å². The molecule has 10 heteroatoms. The molecular formula is C18H21ClN6OS2. The number of hydrogen-bond acceptors (Lipinski definition) is 7. The third-order valence-corrected chi connectivity index (χ3v) is 6.15. The van der Waals surface area contributed by atoms with Gasteiger partial charge in [-0.3, -0.25) is 14.3 Å². The van der Waals surface area contributed by atoms with Crippen molar-refractivity contribution in [2.24, 2.45) is 0 Å². The zero-order valence-electron chi connectivity index (χ0n) is 16.0. The standard InChI is InChI=1S/C18H21ClN6OS2/c1-11-9-27-17(20-11)21-15(26)10-28-18-23-22-16(12(2)24(3)4)25(18)14-7-5-13(19)6-8-14/h5-9,12H,10H2,1-4H3,(H,20,21,26). The van der Waals surface area contributed by atoms with Gasteiger partial charge in [0.1, 0.15) is 0 Å². The van der Waals surface area contributed by atoms with Crippen molar-refractivity contribution in [3.8, 4) is 5.69 Å². The lowest BCUT2D eigenvalue weighted by Gasteiger charge is -2.20. The predicted octanol–water partition coefficient (Wildman–Crippen LogP) is 4.04. The van der Waals surface area contributed by atoms with Gasteiger partial charge in [0.15, 0.2) is 16.1 Å². The zero-order chi connectivity index (χ0) is 20.3. The van der Waals surface area contributed by atoms with Gasteiger partial charge in [-0.2, -0.15) is 0 Å². The molecule has 0 aliphatic carbocycles. The number of halogens is 1. The van der Waals surface area contributed by atoms with Crippen LogP contribution >= 0.6 is 34.7 Å². The summed E-state index contributed by atoms with van der Waals surface area (Å²) >= 11 is 8.78. The number of nitrogens with zero attached hydrogens (tertiary/aromatic N) is 5. The molecule has 1 aromatic carbocycles. The normalized spacial score (nSPS) is 12.4. The largest absolute Gasteiger partial charge is 0.301 e. The number of hydrogen-bond donors (Lipinski definition) is 1. The van der Waals surface area contributed by atoms with E-state index in [-0.39, 0.29) is 17.7 Å². The van der Waals surface area contributed by atoms with Gasteiger partial charge in [0.25, 0.3) is 0 Å². The number of nitrogens with one attached hydrogen (secondary N) is 1. The summed E-state index contributed by atoms with van der Waals surface area (Å²) in [7, 11) is 3.98. The number of benzene rings is 1. The van der Waals surface area contributed by atoms with Gasteiger partial charge in [0, 0.05) is 16.1 Å². The van der Waals surface area contributed by atoms with Crippen molar-refractivity contribution < 1.29 is 4.79 Å². The zero-order valence-corrected chi connectivity index (χ0v) is 18.4. The van der Waals surface area contributed by atoms with E-state index in [0.29, 0.717) is 15.3 Å². The maximum Gasteiger partial charge on any atom is 0.236 e. The first-order valence-corrected chi connectivity index (χ1v) is 10.8. The Labute approximate surface area is 177 Å². The Balaban J connectivity index is 1.82. The van der Waals surface area contributed by atoms with E-state index in [1.807, 2.05) is 55.2 Å². The van der Waals surface area contributed by atoms with Crippen LogP contribution in [0, 0.1) is 6.92 Å². The minimum Gasteiger partial charge on any atom is -0.301 e. The number of anilines is 1. The van der Waals surface area contributed by atoms with Gasteiger partial charge in [-0.1, -0.05) is 23.4 Å². The van der Waals surface area contributed by atoms with Gasteiger partial charge >= 0.3 is 0 Å². The van der Waals surface area contributed by atoms with Crippen molar-refractivity contribution in [1.29, 1.82) is 0 Å². The predicted molar refractivity (Wildman–Crippen MR) is 115 cm³/mol. The van der Waals surface area contributed by atoms with E-state index >= 15 is 0 Å². The Kier molecular flexibility index (Phi) is 6.71. The maximum atomic E-state index is 12.3. The molecule has 0 saturated heterocycles. The molecule has 2 heterocycles. The van der Waals surface area contributed by atoms with Gasteiger partial charge in [-0.15, -0.1) is 21.5 Å². The summed E-state index contributed by atoms with van der Waals surface area (Å²) < 4.78 is 1.96. The molecule has 0 fully saturated rings. The second-order valence-electron chi connectivity index (χ2n) is 6.42. The second kappa shape index (κ2) is 9.04. The average Bonchev–Trinajstić information content (AvgIpc) is 3.26. The number of thioether (sulfide) groups is 1. The lowest BCUT2D eigenvalue weighted by molar-refractivity contribution is -0.113. The monoisotopic (exact) mass is 436 g/mol. The summed E-state index contributed by atoms with van der Waals surface area (Å²) in [4.78, 5) is 18.6. The van der Waals surface area contributed by atoms with Gasteiger partial charge in [0.2, 0.25) is 5.91 Å². The molecule has 0 aliphatic rings. The van der Waals surface area contributed by atoms with Gasteiger partial charge < -0.3 is 5.32 Å². The molecule has 1 unspecified atom stereocenters. The Bertz CT molecular complexity index is 953. The number of carbonyl (C=O) groups excluding carboxylic acids is 1. The molecule has 0 spiro atoms. The van der Waals surface area contributed by atoms with Crippen LogP contribution in [-0.4, -0.2) is 50.4 Å². The minimum absolute atomic E-state index is 0.0460. The molecule has 0 radical (unpaired) electrons. The number of amides is 1. The Morgan fingerprint density at radius 1 is 1.32 bits per heavy atom. The third kappa shape index (κ3) is 4.91. The number of rotatable bonds is 7. The van der Waals surface area contributed by atoms with E-state index in [1.165, 1.54) is 23.1 Å². The number of aryl methyl sites for hydroxylation is 1. The van der Waals surface area contributed by atoms with Crippen LogP contribution < -0.4 is 5.32 Å². The van der Waals surface area contributed by atoms with Gasteiger partial charge in [-0.25, -0.2) is 4.98 Å². The number of aromatic nitrogens is 4. The minimum atomic E-state index is -0.132. The highest BCUT2D eigenvalue weighted by atomic mass is 35.5. The summed E-state index contributed by atoms with van der Waals surface area (Å²) in [5, 5.41) is 15.3. The highest BCUT2D eigenvalue weighted by molar-refractivity contribution is 7.99. The van der Waals surface area contributed by atoms with Crippen LogP contribution in [0.2, 0.25) is 5.02 Å². The molecule has 1 N–H and O–H groups in total. The molecule has 1 atom stereocenters. The quantitative estimate of drug-likeness (QED) is 0.563. The van der Waals surface area contributed by atoms with E-state index < -0.39 is 0 Å². The first-order chi connectivity index (χ1) is 13.3. The maximum absolute atomic E-state index is 12.3. The SMILES string of the molecule is Cc1csc(NC(=O)CSc2nnc(C(C)N(C)C)n2-c2ccc(Cl)cc2)n1. The fourth-order valence-electron chi connectivity index (χ4n) is 2.41. The number of carbonyl (C=O) groups is 1. The second-order valence-corrected chi connectivity index (χ2v) is 8.66. The van der Waals surface area contributed by atoms with Crippen molar-refractivity contribution in [3.05, 3.63) is 46.2 Å². The molecule has 3 aromatic rings. The first kappa shape index (κ1) is 20.8. The lowest BCUT2D eigenvalue weighted by atomic mass is 10.2. The van der Waals surface area contributed by atoms with Crippen molar-refractivity contribution in [2.75, 3.05) is 25.2 Å². The first-order valence-electron chi connectivity index (χ1n) is 8.57. The highest BCUT2D eigenvalue weighted by Gasteiger charge is 2.21. The molecule has 3 rings (SSSR count). The Hall–Kier alpha value is -1.94. The van der Waals surface area contributed by atoms with Crippen molar-refractivity contribution in [2.45, 2.75) is 25.0 Å². The fourth-order valence-corrected chi connectivity index (χ4v) is 4.00. The van der Waals surface area contributed by atoms with Crippen molar-refractivity contribution in [3.63, 3.8) is 0 Å². The van der Waals surface area contributed by atoms with E-state index in [4.69, 9.17) is 11.6 Å². The van der Waals surface area contributed by atoms with Crippen LogP contribution in [0.25, 0.3) is 5.69 Å². The highest BCUT2D eigenvalue weighted by Crippen LogP contribution is 2.27. The molecule has 0 saturated carbocycles. The van der Waals surface area contributed by atoms with Gasteiger partial charge in [0.05, 0.1) is 17.5 Å². The van der Waals surface area contributed by atoms with Crippen LogP contribution in [0.15, 0.2) is 34.8 Å². The van der Waals surface area contributed by atoms with Gasteiger partial charge in [-0.05, 0) is 52.2 Å². The van der Waals surface area contributed by atoms with Crippen LogP contribution in [0.5, 0.6) is 0 Å². The van der Waals surface area contributed by atoms with Crippen LogP contribution in [0.4, 0.5) is 5.13 Å². The molecular weight excluding hydrogens is 416 g/mol. The smallest absolute Gasteiger partial charge is 0.236 e. The van der Waals surface area contributed by atoms with Crippen LogP contribution in [0.3, 0.4) is 0 Å². The molecule has 7 nitrogen and oxygen atoms in total. The molecule has 148 valence electrons. The van der Waals surface area contributed by atoms with Crippen LogP contribution in [-0.2, 0) is 4.79 Å². The summed E-state index contributed by atoms with van der Waals surface area (Å²) in [6.07, 6.45) is 0. The van der Waals surface area contributed by atoms with E-state index in [9.17, 15) is 4.79 Å². The third-order valence-electron chi connectivity index (χ3n) is 4.09. The Morgan fingerprint density at radius 3 is 2.64 bits per heavy atom. The van der Waals surface area contributed by atoms with Crippen molar-refractivity contribution in [1.82, 2.24) is 24.6 Å². The van der Waals surface area contributed by atoms with E-state index in [0.717, 1.165) is 17.2 Å². The number of thiazole rings is 1. The molecule has 1 amide bonds. The van der Waals surface area contributed by atoms with Crippen LogP contribution in [0.1, 0.15) is 24.5 Å².